The summed E-state index contributed by atoms with van der Waals surface area (Å²) in [4.78, 5) is 13.9. The van der Waals surface area contributed by atoms with Crippen LogP contribution in [0.15, 0.2) is 24.3 Å². The van der Waals surface area contributed by atoms with Gasteiger partial charge in [-0.05, 0) is 57.6 Å². The number of amides is 1. The maximum Gasteiger partial charge on any atom is 0.410 e. The summed E-state index contributed by atoms with van der Waals surface area (Å²) >= 11 is 0. The van der Waals surface area contributed by atoms with Crippen LogP contribution in [0, 0.1) is 16.7 Å². The maximum absolute atomic E-state index is 12.2. The van der Waals surface area contributed by atoms with E-state index in [1.165, 1.54) is 11.1 Å². The van der Waals surface area contributed by atoms with E-state index in [1.807, 2.05) is 20.8 Å². The molecular formula is C20H28N2O2. The number of piperidine rings is 1. The highest BCUT2D eigenvalue weighted by Gasteiger charge is 2.37. The van der Waals surface area contributed by atoms with E-state index in [0.717, 1.165) is 12.8 Å². The van der Waals surface area contributed by atoms with E-state index in [-0.39, 0.29) is 11.5 Å². The molecule has 0 atom stereocenters. The molecule has 2 rings (SSSR count). The molecule has 0 unspecified atom stereocenters. The third-order valence-electron chi connectivity index (χ3n) is 4.58. The molecule has 1 saturated heterocycles. The Kier molecular flexibility index (Phi) is 5.54. The van der Waals surface area contributed by atoms with Gasteiger partial charge in [0.15, 0.2) is 0 Å². The van der Waals surface area contributed by atoms with Crippen LogP contribution in [0.3, 0.4) is 0 Å². The molecular weight excluding hydrogens is 300 g/mol. The summed E-state index contributed by atoms with van der Waals surface area (Å²) in [5, 5.41) is 9.73. The van der Waals surface area contributed by atoms with Gasteiger partial charge in [0.1, 0.15) is 5.60 Å². The maximum atomic E-state index is 12.2. The molecule has 0 aliphatic carbocycles. The van der Waals surface area contributed by atoms with Gasteiger partial charge in [0.05, 0.1) is 11.5 Å². The van der Waals surface area contributed by atoms with E-state index in [2.05, 4.69) is 37.3 Å². The van der Waals surface area contributed by atoms with Gasteiger partial charge in [-0.3, -0.25) is 0 Å². The molecule has 0 spiro atoms. The Labute approximate surface area is 145 Å². The van der Waals surface area contributed by atoms with Crippen molar-refractivity contribution in [1.29, 1.82) is 5.26 Å². The average Bonchev–Trinajstić information content (AvgIpc) is 2.54. The molecule has 0 radical (unpaired) electrons. The second kappa shape index (κ2) is 7.25. The number of carbonyl (C=O) groups excluding carboxylic acids is 1. The summed E-state index contributed by atoms with van der Waals surface area (Å²) < 4.78 is 5.43. The summed E-state index contributed by atoms with van der Waals surface area (Å²) in [5.74, 6) is 0. The van der Waals surface area contributed by atoms with E-state index >= 15 is 0 Å². The van der Waals surface area contributed by atoms with Crippen molar-refractivity contribution in [2.24, 2.45) is 5.41 Å². The first kappa shape index (κ1) is 18.3. The number of carbonyl (C=O) groups is 1. The summed E-state index contributed by atoms with van der Waals surface area (Å²) in [7, 11) is 0. The standard InChI is InChI=1S/C20H28N2O2/c1-5-16-6-8-17(9-7-16)14-20(15-21)10-12-22(13-11-20)18(23)24-19(2,3)4/h6-9H,5,10-14H2,1-4H3. The molecule has 1 aromatic rings. The number of nitriles is 1. The first-order valence-corrected chi connectivity index (χ1v) is 8.74. The van der Waals surface area contributed by atoms with Crippen molar-refractivity contribution < 1.29 is 9.53 Å². The van der Waals surface area contributed by atoms with Gasteiger partial charge in [-0.1, -0.05) is 31.2 Å². The molecule has 0 N–H and O–H groups in total. The van der Waals surface area contributed by atoms with Crippen molar-refractivity contribution in [1.82, 2.24) is 4.90 Å². The number of nitrogens with zero attached hydrogens (tertiary/aromatic N) is 2. The smallest absolute Gasteiger partial charge is 0.410 e. The highest BCUT2D eigenvalue weighted by molar-refractivity contribution is 5.68. The second-order valence-electron chi connectivity index (χ2n) is 7.71. The van der Waals surface area contributed by atoms with Crippen LogP contribution < -0.4 is 0 Å². The van der Waals surface area contributed by atoms with E-state index in [9.17, 15) is 10.1 Å². The first-order valence-electron chi connectivity index (χ1n) is 8.74. The van der Waals surface area contributed by atoms with Crippen LogP contribution in [0.1, 0.15) is 51.7 Å². The number of benzene rings is 1. The number of aryl methyl sites for hydroxylation is 1. The Balaban J connectivity index is 1.98. The van der Waals surface area contributed by atoms with Crippen LogP contribution in [-0.2, 0) is 17.6 Å². The minimum Gasteiger partial charge on any atom is -0.444 e. The van der Waals surface area contributed by atoms with Crippen LogP contribution in [-0.4, -0.2) is 29.7 Å². The number of likely N-dealkylation sites (tertiary alicyclic amines) is 1. The quantitative estimate of drug-likeness (QED) is 0.829. The molecule has 4 nitrogen and oxygen atoms in total. The van der Waals surface area contributed by atoms with E-state index in [1.54, 1.807) is 4.90 Å². The minimum absolute atomic E-state index is 0.277. The van der Waals surface area contributed by atoms with Crippen molar-refractivity contribution in [3.63, 3.8) is 0 Å². The molecule has 0 saturated carbocycles. The van der Waals surface area contributed by atoms with Crippen LogP contribution in [0.2, 0.25) is 0 Å². The lowest BCUT2D eigenvalue weighted by atomic mass is 9.75. The highest BCUT2D eigenvalue weighted by Crippen LogP contribution is 2.35. The minimum atomic E-state index is -0.484. The van der Waals surface area contributed by atoms with Crippen molar-refractivity contribution >= 4 is 6.09 Å². The van der Waals surface area contributed by atoms with Gasteiger partial charge >= 0.3 is 6.09 Å². The van der Waals surface area contributed by atoms with E-state index in [4.69, 9.17) is 4.74 Å². The lowest BCUT2D eigenvalue weighted by Gasteiger charge is -2.38. The number of rotatable bonds is 3. The molecule has 1 aliphatic rings. The monoisotopic (exact) mass is 328 g/mol. The molecule has 1 aliphatic heterocycles. The zero-order valence-corrected chi connectivity index (χ0v) is 15.3. The zero-order chi connectivity index (χ0) is 17.8. The average molecular weight is 328 g/mol. The molecule has 1 heterocycles. The zero-order valence-electron chi connectivity index (χ0n) is 15.3. The highest BCUT2D eigenvalue weighted by atomic mass is 16.6. The van der Waals surface area contributed by atoms with Gasteiger partial charge in [-0.2, -0.15) is 5.26 Å². The summed E-state index contributed by atoms with van der Waals surface area (Å²) in [5.41, 5.74) is 1.64. The van der Waals surface area contributed by atoms with Crippen LogP contribution >= 0.6 is 0 Å². The SMILES string of the molecule is CCc1ccc(CC2(C#N)CCN(C(=O)OC(C)(C)C)CC2)cc1. The van der Waals surface area contributed by atoms with E-state index < -0.39 is 5.60 Å². The van der Waals surface area contributed by atoms with Crippen LogP contribution in [0.4, 0.5) is 4.79 Å². The Morgan fingerprint density at radius 3 is 2.21 bits per heavy atom. The van der Waals surface area contributed by atoms with Crippen molar-refractivity contribution in [2.75, 3.05) is 13.1 Å². The number of hydrogen-bond acceptors (Lipinski definition) is 3. The number of hydrogen-bond donors (Lipinski definition) is 0. The summed E-state index contributed by atoms with van der Waals surface area (Å²) in [6.45, 7) is 8.90. The van der Waals surface area contributed by atoms with Crippen LogP contribution in [0.25, 0.3) is 0 Å². The summed E-state index contributed by atoms with van der Waals surface area (Å²) in [6, 6.07) is 11.0. The number of ether oxygens (including phenoxy) is 1. The predicted octanol–water partition coefficient (Wildman–Crippen LogP) is 4.33. The molecule has 4 heteroatoms. The van der Waals surface area contributed by atoms with Gasteiger partial charge in [-0.25, -0.2) is 4.79 Å². The molecule has 0 aromatic heterocycles. The van der Waals surface area contributed by atoms with Gasteiger partial charge in [-0.15, -0.1) is 0 Å². The second-order valence-corrected chi connectivity index (χ2v) is 7.71. The third kappa shape index (κ3) is 4.74. The topological polar surface area (TPSA) is 53.3 Å². The van der Waals surface area contributed by atoms with E-state index in [0.29, 0.717) is 25.9 Å². The van der Waals surface area contributed by atoms with Gasteiger partial charge in [0.25, 0.3) is 0 Å². The Bertz CT molecular complexity index is 600. The largest absolute Gasteiger partial charge is 0.444 e. The van der Waals surface area contributed by atoms with Gasteiger partial charge < -0.3 is 9.64 Å². The fraction of sp³-hybridized carbons (Fsp3) is 0.600. The molecule has 1 amide bonds. The normalized spacial score (nSPS) is 17.2. The Morgan fingerprint density at radius 1 is 1.21 bits per heavy atom. The molecule has 1 aromatic carbocycles. The van der Waals surface area contributed by atoms with Crippen molar-refractivity contribution in [2.45, 2.75) is 59.0 Å². The first-order chi connectivity index (χ1) is 11.3. The molecule has 0 bridgehead atoms. The van der Waals surface area contributed by atoms with Gasteiger partial charge in [0, 0.05) is 13.1 Å². The lowest BCUT2D eigenvalue weighted by molar-refractivity contribution is 0.0148. The van der Waals surface area contributed by atoms with Crippen LogP contribution in [0.5, 0.6) is 0 Å². The fourth-order valence-electron chi connectivity index (χ4n) is 3.06. The fourth-order valence-corrected chi connectivity index (χ4v) is 3.06. The lowest BCUT2D eigenvalue weighted by Crippen LogP contribution is -2.45. The molecule has 24 heavy (non-hydrogen) atoms. The van der Waals surface area contributed by atoms with Crippen molar-refractivity contribution in [3.05, 3.63) is 35.4 Å². The van der Waals surface area contributed by atoms with Crippen molar-refractivity contribution in [3.8, 4) is 6.07 Å². The summed E-state index contributed by atoms with van der Waals surface area (Å²) in [6.07, 6.45) is 2.88. The molecule has 1 fully saturated rings. The molecule has 130 valence electrons. The predicted molar refractivity (Wildman–Crippen MR) is 94.6 cm³/mol. The Morgan fingerprint density at radius 2 is 1.75 bits per heavy atom. The third-order valence-corrected chi connectivity index (χ3v) is 4.58. The Hall–Kier alpha value is -2.02. The van der Waals surface area contributed by atoms with Gasteiger partial charge in [0.2, 0.25) is 0 Å².